The number of piperazine rings is 1. The van der Waals surface area contributed by atoms with E-state index >= 15 is 0 Å². The summed E-state index contributed by atoms with van der Waals surface area (Å²) < 4.78 is 1.99. The van der Waals surface area contributed by atoms with Crippen LogP contribution < -0.4 is 10.2 Å². The molecule has 0 aliphatic carbocycles. The molecular formula is C25H24Cl2N10O. The Bertz CT molecular complexity index is 1590. The van der Waals surface area contributed by atoms with E-state index in [4.69, 9.17) is 33.2 Å². The summed E-state index contributed by atoms with van der Waals surface area (Å²) in [4.78, 5) is 42.9. The van der Waals surface area contributed by atoms with E-state index in [2.05, 4.69) is 30.2 Å². The molecule has 1 amide bonds. The number of anilines is 2. The number of halogens is 2. The number of pyridine rings is 1. The summed E-state index contributed by atoms with van der Waals surface area (Å²) >= 11 is 12.3. The number of imidazole rings is 2. The average molecular weight is 551 g/mol. The van der Waals surface area contributed by atoms with Crippen molar-refractivity contribution in [3.8, 4) is 0 Å². The van der Waals surface area contributed by atoms with Gasteiger partial charge in [-0.05, 0) is 31.2 Å². The highest BCUT2D eigenvalue weighted by atomic mass is 35.5. The van der Waals surface area contributed by atoms with Crippen molar-refractivity contribution >= 4 is 63.1 Å². The van der Waals surface area contributed by atoms with E-state index < -0.39 is 0 Å². The smallest absolute Gasteiger partial charge is 0.255 e. The zero-order valence-electron chi connectivity index (χ0n) is 20.5. The number of hydrogen-bond acceptors (Lipinski definition) is 8. The lowest BCUT2D eigenvalue weighted by molar-refractivity contribution is 0.0746. The monoisotopic (exact) mass is 550 g/mol. The lowest BCUT2D eigenvalue weighted by Gasteiger charge is -2.34. The molecule has 0 radical (unpaired) electrons. The SMILES string of the molecule is CCn1cnc2c(NCc3nc4cc(Cl)c(Cl)cc4[nH]3)nc(N3CCN(C(=O)c4cccnc4)CC3)nc21. The molecule has 1 aliphatic rings. The first-order chi connectivity index (χ1) is 18.5. The van der Waals surface area contributed by atoms with Gasteiger partial charge in [0.25, 0.3) is 5.91 Å². The van der Waals surface area contributed by atoms with Crippen LogP contribution in [0.2, 0.25) is 10.0 Å². The second-order valence-electron chi connectivity index (χ2n) is 8.92. The quantitative estimate of drug-likeness (QED) is 0.325. The van der Waals surface area contributed by atoms with E-state index in [1.165, 1.54) is 0 Å². The van der Waals surface area contributed by atoms with E-state index in [0.717, 1.165) is 23.2 Å². The van der Waals surface area contributed by atoms with Gasteiger partial charge in [0.1, 0.15) is 5.82 Å². The van der Waals surface area contributed by atoms with Crippen molar-refractivity contribution in [2.24, 2.45) is 0 Å². The maximum atomic E-state index is 12.8. The third-order valence-electron chi connectivity index (χ3n) is 6.55. The van der Waals surface area contributed by atoms with Crippen molar-refractivity contribution in [1.82, 2.24) is 39.4 Å². The highest BCUT2D eigenvalue weighted by molar-refractivity contribution is 6.42. The maximum absolute atomic E-state index is 12.8. The Morgan fingerprint density at radius 2 is 1.92 bits per heavy atom. The Morgan fingerprint density at radius 1 is 1.11 bits per heavy atom. The van der Waals surface area contributed by atoms with Crippen LogP contribution in [0.3, 0.4) is 0 Å². The van der Waals surface area contributed by atoms with Crippen LogP contribution in [0, 0.1) is 0 Å². The minimum absolute atomic E-state index is 0.0195. The minimum atomic E-state index is -0.0195. The van der Waals surface area contributed by atoms with E-state index in [1.807, 2.05) is 16.4 Å². The van der Waals surface area contributed by atoms with Crippen molar-refractivity contribution in [3.63, 3.8) is 0 Å². The van der Waals surface area contributed by atoms with Crippen LogP contribution in [0.1, 0.15) is 23.1 Å². The van der Waals surface area contributed by atoms with E-state index in [0.29, 0.717) is 71.4 Å². The first-order valence-electron chi connectivity index (χ1n) is 12.2. The van der Waals surface area contributed by atoms with Gasteiger partial charge in [-0.1, -0.05) is 23.2 Å². The van der Waals surface area contributed by atoms with Gasteiger partial charge in [-0.3, -0.25) is 9.78 Å². The standard InChI is InChI=1S/C25H24Cl2N10O/c1-2-35-14-30-21-22(29-13-20-31-18-10-16(26)17(27)11-19(18)32-20)33-25(34-23(21)35)37-8-6-36(7-9-37)24(38)15-4-3-5-28-12-15/h3-5,10-12,14H,2,6-9,13H2,1H3,(H,31,32)(H,29,33,34). The molecule has 2 N–H and O–H groups in total. The Kier molecular flexibility index (Phi) is 6.46. The molecule has 1 aromatic carbocycles. The van der Waals surface area contributed by atoms with Crippen LogP contribution in [-0.4, -0.2) is 71.5 Å². The molecule has 194 valence electrons. The number of aromatic amines is 1. The molecular weight excluding hydrogens is 527 g/mol. The van der Waals surface area contributed by atoms with Gasteiger partial charge < -0.3 is 24.7 Å². The number of rotatable bonds is 6. The number of hydrogen-bond donors (Lipinski definition) is 2. The van der Waals surface area contributed by atoms with Crippen molar-refractivity contribution in [3.05, 3.63) is 64.4 Å². The number of aryl methyl sites for hydroxylation is 1. The summed E-state index contributed by atoms with van der Waals surface area (Å²) in [5.74, 6) is 1.90. The zero-order chi connectivity index (χ0) is 26.2. The second-order valence-corrected chi connectivity index (χ2v) is 9.73. The van der Waals surface area contributed by atoms with Gasteiger partial charge in [0, 0.05) is 45.1 Å². The first-order valence-corrected chi connectivity index (χ1v) is 13.0. The number of carbonyl (C=O) groups excluding carboxylic acids is 1. The molecule has 5 heterocycles. The van der Waals surface area contributed by atoms with Gasteiger partial charge in [-0.2, -0.15) is 9.97 Å². The molecule has 38 heavy (non-hydrogen) atoms. The van der Waals surface area contributed by atoms with Crippen molar-refractivity contribution in [2.75, 3.05) is 36.4 Å². The summed E-state index contributed by atoms with van der Waals surface area (Å²) in [6.45, 7) is 5.52. The Hall–Kier alpha value is -3.96. The third kappa shape index (κ3) is 4.59. The molecule has 6 rings (SSSR count). The molecule has 4 aromatic heterocycles. The van der Waals surface area contributed by atoms with Gasteiger partial charge in [0.2, 0.25) is 5.95 Å². The third-order valence-corrected chi connectivity index (χ3v) is 7.27. The molecule has 1 aliphatic heterocycles. The van der Waals surface area contributed by atoms with E-state index in [1.54, 1.807) is 43.0 Å². The molecule has 0 saturated carbocycles. The van der Waals surface area contributed by atoms with Crippen molar-refractivity contribution in [2.45, 2.75) is 20.0 Å². The highest BCUT2D eigenvalue weighted by Crippen LogP contribution is 2.27. The number of nitrogens with one attached hydrogen (secondary N) is 2. The molecule has 0 spiro atoms. The summed E-state index contributed by atoms with van der Waals surface area (Å²) in [5.41, 5.74) is 3.56. The zero-order valence-corrected chi connectivity index (χ0v) is 22.0. The van der Waals surface area contributed by atoms with Crippen LogP contribution >= 0.6 is 23.2 Å². The highest BCUT2D eigenvalue weighted by Gasteiger charge is 2.25. The Balaban J connectivity index is 1.23. The fourth-order valence-electron chi connectivity index (χ4n) is 4.52. The number of benzene rings is 1. The van der Waals surface area contributed by atoms with Gasteiger partial charge in [0.15, 0.2) is 17.0 Å². The van der Waals surface area contributed by atoms with E-state index in [-0.39, 0.29) is 5.91 Å². The number of amides is 1. The lowest BCUT2D eigenvalue weighted by Crippen LogP contribution is -2.49. The van der Waals surface area contributed by atoms with Crippen molar-refractivity contribution in [1.29, 1.82) is 0 Å². The Morgan fingerprint density at radius 3 is 2.68 bits per heavy atom. The normalized spacial score (nSPS) is 14.0. The fourth-order valence-corrected chi connectivity index (χ4v) is 4.84. The minimum Gasteiger partial charge on any atom is -0.361 e. The molecule has 0 unspecified atom stereocenters. The number of nitrogens with zero attached hydrogens (tertiary/aromatic N) is 8. The van der Waals surface area contributed by atoms with Crippen LogP contribution in [0.15, 0.2) is 43.0 Å². The summed E-state index contributed by atoms with van der Waals surface area (Å²) in [6.07, 6.45) is 5.03. The first kappa shape index (κ1) is 24.4. The topological polar surface area (TPSA) is 121 Å². The van der Waals surface area contributed by atoms with Gasteiger partial charge in [-0.15, -0.1) is 0 Å². The largest absolute Gasteiger partial charge is 0.361 e. The number of fused-ring (bicyclic) bond motifs is 2. The molecule has 13 heteroatoms. The lowest BCUT2D eigenvalue weighted by atomic mass is 10.2. The van der Waals surface area contributed by atoms with Gasteiger partial charge in [-0.25, -0.2) is 9.97 Å². The summed E-state index contributed by atoms with van der Waals surface area (Å²) in [6, 6.07) is 7.06. The van der Waals surface area contributed by atoms with Gasteiger partial charge in [0.05, 0.1) is 39.5 Å². The predicted molar refractivity (Wildman–Crippen MR) is 147 cm³/mol. The van der Waals surface area contributed by atoms with Crippen LogP contribution in [0.4, 0.5) is 11.8 Å². The number of carbonyl (C=O) groups is 1. The molecule has 1 saturated heterocycles. The summed E-state index contributed by atoms with van der Waals surface area (Å²) in [5, 5.41) is 4.30. The van der Waals surface area contributed by atoms with Crippen LogP contribution in [-0.2, 0) is 13.1 Å². The van der Waals surface area contributed by atoms with Gasteiger partial charge >= 0.3 is 0 Å². The van der Waals surface area contributed by atoms with Crippen LogP contribution in [0.5, 0.6) is 0 Å². The molecule has 5 aromatic rings. The fraction of sp³-hybridized carbons (Fsp3) is 0.280. The number of H-pyrrole nitrogens is 1. The van der Waals surface area contributed by atoms with Crippen molar-refractivity contribution < 1.29 is 4.79 Å². The summed E-state index contributed by atoms with van der Waals surface area (Å²) in [7, 11) is 0. The average Bonchev–Trinajstić information content (AvgIpc) is 3.55. The predicted octanol–water partition coefficient (Wildman–Crippen LogP) is 4.00. The second kappa shape index (κ2) is 10.1. The number of aromatic nitrogens is 7. The molecule has 11 nitrogen and oxygen atoms in total. The van der Waals surface area contributed by atoms with E-state index in [9.17, 15) is 4.79 Å². The maximum Gasteiger partial charge on any atom is 0.255 e. The Labute approximate surface area is 227 Å². The molecule has 0 bridgehead atoms. The molecule has 0 atom stereocenters. The van der Waals surface area contributed by atoms with Crippen LogP contribution in [0.25, 0.3) is 22.2 Å². The molecule has 1 fully saturated rings.